The molecule has 0 aliphatic rings. The van der Waals surface area contributed by atoms with Crippen LogP contribution in [0.3, 0.4) is 0 Å². The number of benzene rings is 1. The van der Waals surface area contributed by atoms with Crippen LogP contribution >= 0.6 is 0 Å². The van der Waals surface area contributed by atoms with Crippen LogP contribution < -0.4 is 5.32 Å². The number of carboxylic acids is 1. The average molecular weight is 288 g/mol. The summed E-state index contributed by atoms with van der Waals surface area (Å²) in [7, 11) is 0. The molecule has 0 spiro atoms. The van der Waals surface area contributed by atoms with Gasteiger partial charge in [0.1, 0.15) is 6.04 Å². The van der Waals surface area contributed by atoms with Crippen molar-refractivity contribution in [3.63, 3.8) is 0 Å². The van der Waals surface area contributed by atoms with Gasteiger partial charge in [-0.2, -0.15) is 0 Å². The van der Waals surface area contributed by atoms with E-state index in [1.807, 2.05) is 48.0 Å². The lowest BCUT2D eigenvalue weighted by Gasteiger charge is -2.13. The fourth-order valence-electron chi connectivity index (χ4n) is 2.37. The molecule has 1 atom stereocenters. The van der Waals surface area contributed by atoms with Crippen molar-refractivity contribution in [1.29, 1.82) is 0 Å². The number of aliphatic carboxylic acids is 1. The number of aromatic nitrogens is 1. The number of hydrogen-bond acceptors (Lipinski definition) is 2. The van der Waals surface area contributed by atoms with E-state index < -0.39 is 12.0 Å². The van der Waals surface area contributed by atoms with Gasteiger partial charge in [0.15, 0.2) is 0 Å². The standard InChI is InChI=1S/C16H20N2O3/c1-2-5-13(16(20)21)17-15(19)9-11-18-10-8-12-6-3-4-7-14(12)18/h3-4,6-8,10,13H,2,5,9,11H2,1H3,(H,17,19)(H,20,21). The number of nitrogens with zero attached hydrogens (tertiary/aromatic N) is 1. The fourth-order valence-corrected chi connectivity index (χ4v) is 2.37. The Balaban J connectivity index is 1.93. The van der Waals surface area contributed by atoms with Gasteiger partial charge in [0.25, 0.3) is 0 Å². The van der Waals surface area contributed by atoms with Gasteiger partial charge in [-0.05, 0) is 23.9 Å². The third-order valence-electron chi connectivity index (χ3n) is 3.47. The van der Waals surface area contributed by atoms with Crippen LogP contribution in [0, 0.1) is 0 Å². The largest absolute Gasteiger partial charge is 0.480 e. The van der Waals surface area contributed by atoms with E-state index in [0.29, 0.717) is 13.0 Å². The number of carbonyl (C=O) groups excluding carboxylic acids is 1. The number of hydrogen-bond donors (Lipinski definition) is 2. The number of aryl methyl sites for hydroxylation is 1. The van der Waals surface area contributed by atoms with Crippen molar-refractivity contribution in [3.8, 4) is 0 Å². The topological polar surface area (TPSA) is 71.3 Å². The number of fused-ring (bicyclic) bond motifs is 1. The molecule has 0 saturated carbocycles. The zero-order valence-corrected chi connectivity index (χ0v) is 12.1. The fraction of sp³-hybridized carbons (Fsp3) is 0.375. The van der Waals surface area contributed by atoms with Gasteiger partial charge in [0, 0.05) is 24.7 Å². The van der Waals surface area contributed by atoms with Crippen LogP contribution in [0.2, 0.25) is 0 Å². The van der Waals surface area contributed by atoms with Crippen molar-refractivity contribution < 1.29 is 14.7 Å². The first-order valence-corrected chi connectivity index (χ1v) is 7.18. The highest BCUT2D eigenvalue weighted by molar-refractivity contribution is 5.84. The van der Waals surface area contributed by atoms with Crippen molar-refractivity contribution in [3.05, 3.63) is 36.5 Å². The molecular formula is C16H20N2O3. The normalized spacial score (nSPS) is 12.2. The lowest BCUT2D eigenvalue weighted by molar-refractivity contribution is -0.142. The number of carboxylic acid groups (broad SMARTS) is 1. The summed E-state index contributed by atoms with van der Waals surface area (Å²) < 4.78 is 2.00. The van der Waals surface area contributed by atoms with Gasteiger partial charge in [0.2, 0.25) is 5.91 Å². The second kappa shape index (κ2) is 6.92. The maximum Gasteiger partial charge on any atom is 0.326 e. The highest BCUT2D eigenvalue weighted by Crippen LogP contribution is 2.15. The highest BCUT2D eigenvalue weighted by atomic mass is 16.4. The lowest BCUT2D eigenvalue weighted by atomic mass is 10.1. The van der Waals surface area contributed by atoms with Crippen LogP contribution in [0.4, 0.5) is 0 Å². The second-order valence-corrected chi connectivity index (χ2v) is 5.06. The van der Waals surface area contributed by atoms with Crippen molar-refractivity contribution >= 4 is 22.8 Å². The van der Waals surface area contributed by atoms with Crippen molar-refractivity contribution in [1.82, 2.24) is 9.88 Å². The minimum absolute atomic E-state index is 0.228. The number of carbonyl (C=O) groups is 2. The van der Waals surface area contributed by atoms with Gasteiger partial charge in [0.05, 0.1) is 0 Å². The van der Waals surface area contributed by atoms with E-state index in [-0.39, 0.29) is 12.3 Å². The monoisotopic (exact) mass is 288 g/mol. The Morgan fingerprint density at radius 1 is 1.29 bits per heavy atom. The highest BCUT2D eigenvalue weighted by Gasteiger charge is 2.18. The van der Waals surface area contributed by atoms with E-state index >= 15 is 0 Å². The number of para-hydroxylation sites is 1. The Labute approximate surface area is 123 Å². The first kappa shape index (κ1) is 15.1. The van der Waals surface area contributed by atoms with Gasteiger partial charge in [-0.1, -0.05) is 31.5 Å². The molecule has 5 heteroatoms. The number of amides is 1. The molecular weight excluding hydrogens is 268 g/mol. The molecule has 1 unspecified atom stereocenters. The summed E-state index contributed by atoms with van der Waals surface area (Å²) in [6, 6.07) is 9.17. The summed E-state index contributed by atoms with van der Waals surface area (Å²) >= 11 is 0. The predicted molar refractivity (Wildman–Crippen MR) is 81.0 cm³/mol. The van der Waals surface area contributed by atoms with E-state index in [9.17, 15) is 9.59 Å². The smallest absolute Gasteiger partial charge is 0.326 e. The van der Waals surface area contributed by atoms with E-state index in [0.717, 1.165) is 17.3 Å². The van der Waals surface area contributed by atoms with Crippen LogP contribution in [0.15, 0.2) is 36.5 Å². The molecule has 0 saturated heterocycles. The first-order valence-electron chi connectivity index (χ1n) is 7.18. The Bertz CT molecular complexity index is 633. The zero-order valence-electron chi connectivity index (χ0n) is 12.1. The third-order valence-corrected chi connectivity index (χ3v) is 3.47. The molecule has 0 aliphatic carbocycles. The first-order chi connectivity index (χ1) is 10.1. The van der Waals surface area contributed by atoms with Crippen LogP contribution in [0.1, 0.15) is 26.2 Å². The van der Waals surface area contributed by atoms with Gasteiger partial charge in [-0.15, -0.1) is 0 Å². The summed E-state index contributed by atoms with van der Waals surface area (Å²) in [6.45, 7) is 2.44. The van der Waals surface area contributed by atoms with Crippen LogP contribution in [-0.2, 0) is 16.1 Å². The maximum atomic E-state index is 11.9. The molecule has 112 valence electrons. The van der Waals surface area contributed by atoms with Gasteiger partial charge < -0.3 is 15.0 Å². The molecule has 2 rings (SSSR count). The molecule has 0 fully saturated rings. The Kier molecular flexibility index (Phi) is 4.98. The summed E-state index contributed by atoms with van der Waals surface area (Å²) in [6.07, 6.45) is 3.39. The molecule has 2 aromatic rings. The SMILES string of the molecule is CCCC(NC(=O)CCn1ccc2ccccc21)C(=O)O. The van der Waals surface area contributed by atoms with Crippen LogP contribution in [0.5, 0.6) is 0 Å². The number of rotatable bonds is 7. The predicted octanol–water partition coefficient (Wildman–Crippen LogP) is 2.40. The minimum Gasteiger partial charge on any atom is -0.480 e. The quantitative estimate of drug-likeness (QED) is 0.822. The maximum absolute atomic E-state index is 11.9. The van der Waals surface area contributed by atoms with E-state index in [2.05, 4.69) is 5.32 Å². The molecule has 1 aromatic heterocycles. The lowest BCUT2D eigenvalue weighted by Crippen LogP contribution is -2.40. The molecule has 2 N–H and O–H groups in total. The van der Waals surface area contributed by atoms with Gasteiger partial charge in [-0.25, -0.2) is 4.79 Å². The second-order valence-electron chi connectivity index (χ2n) is 5.06. The molecule has 1 amide bonds. The van der Waals surface area contributed by atoms with Crippen molar-refractivity contribution in [2.24, 2.45) is 0 Å². The Morgan fingerprint density at radius 3 is 2.76 bits per heavy atom. The Hall–Kier alpha value is -2.30. The van der Waals surface area contributed by atoms with E-state index in [4.69, 9.17) is 5.11 Å². The van der Waals surface area contributed by atoms with E-state index in [1.54, 1.807) is 0 Å². The number of nitrogens with one attached hydrogen (secondary N) is 1. The zero-order chi connectivity index (χ0) is 15.2. The van der Waals surface area contributed by atoms with E-state index in [1.165, 1.54) is 0 Å². The molecule has 21 heavy (non-hydrogen) atoms. The summed E-state index contributed by atoms with van der Waals surface area (Å²) in [5.74, 6) is -1.20. The molecule has 0 radical (unpaired) electrons. The van der Waals surface area contributed by atoms with Crippen molar-refractivity contribution in [2.75, 3.05) is 0 Å². The summed E-state index contributed by atoms with van der Waals surface area (Å²) in [4.78, 5) is 22.9. The molecule has 0 bridgehead atoms. The van der Waals surface area contributed by atoms with Gasteiger partial charge in [-0.3, -0.25) is 4.79 Å². The van der Waals surface area contributed by atoms with Gasteiger partial charge >= 0.3 is 5.97 Å². The minimum atomic E-state index is -0.975. The molecule has 1 aromatic carbocycles. The summed E-state index contributed by atoms with van der Waals surface area (Å²) in [5, 5.41) is 12.7. The Morgan fingerprint density at radius 2 is 2.05 bits per heavy atom. The summed E-state index contributed by atoms with van der Waals surface area (Å²) in [5.41, 5.74) is 1.08. The average Bonchev–Trinajstić information content (AvgIpc) is 2.88. The van der Waals surface area contributed by atoms with Crippen LogP contribution in [-0.4, -0.2) is 27.6 Å². The molecule has 0 aliphatic heterocycles. The third kappa shape index (κ3) is 3.84. The van der Waals surface area contributed by atoms with Crippen LogP contribution in [0.25, 0.3) is 10.9 Å². The molecule has 5 nitrogen and oxygen atoms in total. The van der Waals surface area contributed by atoms with Crippen molar-refractivity contribution in [2.45, 2.75) is 38.8 Å². The molecule has 1 heterocycles.